The van der Waals surface area contributed by atoms with Crippen molar-refractivity contribution >= 4 is 31.6 Å². The highest BCUT2D eigenvalue weighted by molar-refractivity contribution is 9.10. The van der Waals surface area contributed by atoms with Gasteiger partial charge in [-0.3, -0.25) is 9.40 Å². The molecule has 0 aliphatic carbocycles. The fourth-order valence-corrected chi connectivity index (χ4v) is 2.83. The van der Waals surface area contributed by atoms with Gasteiger partial charge in [0.25, 0.3) is 10.0 Å². The van der Waals surface area contributed by atoms with E-state index in [0.29, 0.717) is 10.0 Å². The molecule has 2 aromatic rings. The van der Waals surface area contributed by atoms with Crippen molar-refractivity contribution in [1.82, 2.24) is 9.78 Å². The Morgan fingerprint density at radius 3 is 2.68 bits per heavy atom. The van der Waals surface area contributed by atoms with E-state index in [1.165, 1.54) is 23.1 Å². The van der Waals surface area contributed by atoms with Crippen LogP contribution >= 0.6 is 15.9 Å². The molecule has 1 aromatic carbocycles. The molecule has 0 aliphatic heterocycles. The van der Waals surface area contributed by atoms with Crippen molar-refractivity contribution in [2.45, 2.75) is 11.8 Å². The van der Waals surface area contributed by atoms with Gasteiger partial charge in [-0.05, 0) is 19.1 Å². The summed E-state index contributed by atoms with van der Waals surface area (Å²) in [7, 11) is -2.23. The summed E-state index contributed by atoms with van der Waals surface area (Å²) in [6.07, 6.45) is 2.54. The monoisotopic (exact) mass is 347 g/mol. The molecule has 0 unspecified atom stereocenters. The van der Waals surface area contributed by atoms with E-state index in [9.17, 15) is 12.8 Å². The van der Waals surface area contributed by atoms with Crippen molar-refractivity contribution in [3.63, 3.8) is 0 Å². The fraction of sp³-hybridized carbons (Fsp3) is 0.182. The van der Waals surface area contributed by atoms with E-state index < -0.39 is 15.8 Å². The molecule has 1 aromatic heterocycles. The molecular formula is C11H11BrFN3O2S. The third-order valence-electron chi connectivity index (χ3n) is 2.56. The number of sulfonamides is 1. The summed E-state index contributed by atoms with van der Waals surface area (Å²) < 4.78 is 42.1. The van der Waals surface area contributed by atoms with Crippen LogP contribution in [-0.4, -0.2) is 18.2 Å². The Morgan fingerprint density at radius 1 is 1.42 bits per heavy atom. The van der Waals surface area contributed by atoms with Gasteiger partial charge in [-0.1, -0.05) is 15.9 Å². The molecule has 0 radical (unpaired) electrons. The third kappa shape index (κ3) is 2.79. The zero-order valence-electron chi connectivity index (χ0n) is 10.2. The number of aromatic nitrogens is 2. The second kappa shape index (κ2) is 4.93. The van der Waals surface area contributed by atoms with Crippen molar-refractivity contribution in [3.05, 3.63) is 40.4 Å². The lowest BCUT2D eigenvalue weighted by Crippen LogP contribution is -2.13. The molecule has 8 heteroatoms. The lowest BCUT2D eigenvalue weighted by Gasteiger charge is -2.09. The zero-order valence-corrected chi connectivity index (χ0v) is 12.6. The number of nitrogens with one attached hydrogen (secondary N) is 1. The van der Waals surface area contributed by atoms with Crippen LogP contribution in [0.4, 0.5) is 10.1 Å². The summed E-state index contributed by atoms with van der Waals surface area (Å²) in [5.41, 5.74) is 0.246. The summed E-state index contributed by atoms with van der Waals surface area (Å²) in [5.74, 6) is -0.609. The quantitative estimate of drug-likeness (QED) is 0.927. The van der Waals surface area contributed by atoms with Gasteiger partial charge in [0.05, 0.1) is 11.9 Å². The standard InChI is InChI=1S/C11H11BrFN3O2S/c1-7-9(12)3-4-10(11(7)13)15-19(17,18)8-5-14-16(2)6-8/h3-6,15H,1-2H3. The van der Waals surface area contributed by atoms with Crippen LogP contribution in [0.5, 0.6) is 0 Å². The number of halogens is 2. The molecule has 5 nitrogen and oxygen atoms in total. The lowest BCUT2D eigenvalue weighted by atomic mass is 10.2. The molecule has 0 saturated heterocycles. The Morgan fingerprint density at radius 2 is 2.11 bits per heavy atom. The fourth-order valence-electron chi connectivity index (χ4n) is 1.48. The van der Waals surface area contributed by atoms with Gasteiger partial charge in [0.1, 0.15) is 4.90 Å². The molecular weight excluding hydrogens is 337 g/mol. The van der Waals surface area contributed by atoms with Crippen molar-refractivity contribution in [2.24, 2.45) is 7.05 Å². The number of aryl methyl sites for hydroxylation is 1. The van der Waals surface area contributed by atoms with Gasteiger partial charge in [-0.15, -0.1) is 0 Å². The Labute approximate surface area is 118 Å². The highest BCUT2D eigenvalue weighted by Crippen LogP contribution is 2.26. The zero-order chi connectivity index (χ0) is 14.2. The smallest absolute Gasteiger partial charge is 0.265 e. The van der Waals surface area contributed by atoms with E-state index in [-0.39, 0.29) is 10.6 Å². The molecule has 0 amide bonds. The SMILES string of the molecule is Cc1c(Br)ccc(NS(=O)(=O)c2cnn(C)c2)c1F. The molecule has 19 heavy (non-hydrogen) atoms. The average Bonchev–Trinajstić information content (AvgIpc) is 2.78. The van der Waals surface area contributed by atoms with E-state index in [0.717, 1.165) is 0 Å². The number of hydrogen-bond donors (Lipinski definition) is 1. The van der Waals surface area contributed by atoms with Gasteiger partial charge in [-0.2, -0.15) is 5.10 Å². The molecule has 2 rings (SSSR count). The van der Waals surface area contributed by atoms with Gasteiger partial charge in [0.15, 0.2) is 5.82 Å². The van der Waals surface area contributed by atoms with E-state index >= 15 is 0 Å². The second-order valence-electron chi connectivity index (χ2n) is 3.99. The maximum Gasteiger partial charge on any atom is 0.265 e. The van der Waals surface area contributed by atoms with Crippen LogP contribution in [0.3, 0.4) is 0 Å². The van der Waals surface area contributed by atoms with Crippen molar-refractivity contribution in [1.29, 1.82) is 0 Å². The van der Waals surface area contributed by atoms with E-state index in [4.69, 9.17) is 0 Å². The van der Waals surface area contributed by atoms with Crippen molar-refractivity contribution in [2.75, 3.05) is 4.72 Å². The Hall–Kier alpha value is -1.41. The van der Waals surface area contributed by atoms with E-state index in [1.807, 2.05) is 0 Å². The molecule has 0 saturated carbocycles. The number of nitrogens with zero attached hydrogens (tertiary/aromatic N) is 2. The van der Waals surface area contributed by atoms with Crippen LogP contribution in [0.1, 0.15) is 5.56 Å². The summed E-state index contributed by atoms with van der Waals surface area (Å²) in [6.45, 7) is 1.56. The maximum absolute atomic E-state index is 13.9. The molecule has 0 aliphatic rings. The average molecular weight is 348 g/mol. The highest BCUT2D eigenvalue weighted by Gasteiger charge is 2.19. The molecule has 1 heterocycles. The molecule has 0 spiro atoms. The largest absolute Gasteiger partial charge is 0.277 e. The van der Waals surface area contributed by atoms with Crippen LogP contribution in [0.15, 0.2) is 33.9 Å². The highest BCUT2D eigenvalue weighted by atomic mass is 79.9. The third-order valence-corrected chi connectivity index (χ3v) is 4.74. The summed E-state index contributed by atoms with van der Waals surface area (Å²) >= 11 is 3.18. The van der Waals surface area contributed by atoms with Crippen molar-refractivity contribution < 1.29 is 12.8 Å². The first-order chi connectivity index (χ1) is 8.81. The van der Waals surface area contributed by atoms with E-state index in [2.05, 4.69) is 25.8 Å². The molecule has 102 valence electrons. The molecule has 0 fully saturated rings. The van der Waals surface area contributed by atoms with Gasteiger partial charge in [-0.25, -0.2) is 12.8 Å². The maximum atomic E-state index is 13.9. The summed E-state index contributed by atoms with van der Waals surface area (Å²) in [4.78, 5) is -0.0185. The van der Waals surface area contributed by atoms with Gasteiger partial charge >= 0.3 is 0 Å². The first kappa shape index (κ1) is 14.0. The number of benzene rings is 1. The second-order valence-corrected chi connectivity index (χ2v) is 6.53. The van der Waals surface area contributed by atoms with Gasteiger partial charge in [0, 0.05) is 23.3 Å². The summed E-state index contributed by atoms with van der Waals surface area (Å²) in [5, 5.41) is 3.77. The predicted molar refractivity (Wildman–Crippen MR) is 72.9 cm³/mol. The van der Waals surface area contributed by atoms with Crippen molar-refractivity contribution in [3.8, 4) is 0 Å². The topological polar surface area (TPSA) is 64.0 Å². The number of hydrogen-bond acceptors (Lipinski definition) is 3. The minimum absolute atomic E-state index is 0.0185. The normalized spacial score (nSPS) is 11.6. The first-order valence-corrected chi connectivity index (χ1v) is 7.55. The minimum Gasteiger partial charge on any atom is -0.277 e. The van der Waals surface area contributed by atoms with Gasteiger partial charge < -0.3 is 0 Å². The number of rotatable bonds is 3. The van der Waals surface area contributed by atoms with Gasteiger partial charge in [0.2, 0.25) is 0 Å². The van der Waals surface area contributed by atoms with Crippen LogP contribution in [-0.2, 0) is 17.1 Å². The Balaban J connectivity index is 2.39. The Kier molecular flexibility index (Phi) is 3.64. The molecule has 0 bridgehead atoms. The first-order valence-electron chi connectivity index (χ1n) is 5.27. The lowest BCUT2D eigenvalue weighted by molar-refractivity contribution is 0.597. The number of anilines is 1. The molecule has 1 N–H and O–H groups in total. The molecule has 0 atom stereocenters. The predicted octanol–water partition coefficient (Wildman–Crippen LogP) is 2.43. The minimum atomic E-state index is -3.83. The van der Waals surface area contributed by atoms with Crippen LogP contribution in [0.25, 0.3) is 0 Å². The van der Waals surface area contributed by atoms with E-state index in [1.54, 1.807) is 20.0 Å². The van der Waals surface area contributed by atoms with Crippen LogP contribution in [0, 0.1) is 12.7 Å². The van der Waals surface area contributed by atoms with Crippen LogP contribution in [0.2, 0.25) is 0 Å². The summed E-state index contributed by atoms with van der Waals surface area (Å²) in [6, 6.07) is 2.94. The Bertz CT molecular complexity index is 728. The van der Waals surface area contributed by atoms with Crippen LogP contribution < -0.4 is 4.72 Å².